The number of likely N-dealkylation sites (tertiary alicyclic amines) is 1. The lowest BCUT2D eigenvalue weighted by Gasteiger charge is -2.43. The molecule has 0 saturated carbocycles. The molecule has 4 rings (SSSR count). The van der Waals surface area contributed by atoms with Crippen LogP contribution in [0.25, 0.3) is 10.9 Å². The van der Waals surface area contributed by atoms with Crippen molar-refractivity contribution in [1.29, 1.82) is 0 Å². The van der Waals surface area contributed by atoms with E-state index < -0.39 is 0 Å². The molecule has 0 spiro atoms. The third kappa shape index (κ3) is 3.89. The highest BCUT2D eigenvalue weighted by molar-refractivity contribution is 6.06. The van der Waals surface area contributed by atoms with Crippen LogP contribution in [0, 0.1) is 12.7 Å². The van der Waals surface area contributed by atoms with E-state index in [2.05, 4.69) is 23.7 Å². The topological polar surface area (TPSA) is 45.7 Å². The third-order valence-corrected chi connectivity index (χ3v) is 5.85. The summed E-state index contributed by atoms with van der Waals surface area (Å²) in [7, 11) is 0. The molecule has 0 N–H and O–H groups in total. The van der Waals surface area contributed by atoms with Crippen molar-refractivity contribution in [3.05, 3.63) is 41.3 Å². The maximum atomic E-state index is 13.6. The third-order valence-electron chi connectivity index (χ3n) is 5.85. The molecule has 6 heteroatoms. The van der Waals surface area contributed by atoms with Crippen LogP contribution >= 0.6 is 0 Å². The molecular weight excluding hydrogens is 357 g/mol. The van der Waals surface area contributed by atoms with Gasteiger partial charge >= 0.3 is 0 Å². The van der Waals surface area contributed by atoms with Gasteiger partial charge in [0.25, 0.3) is 5.91 Å². The Morgan fingerprint density at radius 1 is 1.14 bits per heavy atom. The number of benzene rings is 1. The summed E-state index contributed by atoms with van der Waals surface area (Å²) in [5.74, 6) is -0.317. The molecule has 3 heterocycles. The van der Waals surface area contributed by atoms with Crippen molar-refractivity contribution in [2.45, 2.75) is 51.9 Å². The van der Waals surface area contributed by atoms with Crippen molar-refractivity contribution in [1.82, 2.24) is 14.8 Å². The normalized spacial score (nSPS) is 24.6. The Balaban J connectivity index is 1.48. The number of rotatable bonds is 2. The standard InChI is InChI=1S/C22H28FN3O2/c1-14-10-20(19-5-4-17(23)11-21(19)24-14)22(27)25-8-6-18(7-9-25)26-12-15(2)28-16(3)13-26/h4-5,10-11,15-16,18H,6-9,12-13H2,1-3H3/t15-,16+. The Labute approximate surface area is 165 Å². The lowest BCUT2D eigenvalue weighted by molar-refractivity contribution is -0.0856. The summed E-state index contributed by atoms with van der Waals surface area (Å²) in [5, 5.41) is 0.718. The fourth-order valence-corrected chi connectivity index (χ4v) is 4.63. The van der Waals surface area contributed by atoms with Gasteiger partial charge in [0.15, 0.2) is 0 Å². The zero-order valence-corrected chi connectivity index (χ0v) is 16.8. The second-order valence-corrected chi connectivity index (χ2v) is 8.21. The van der Waals surface area contributed by atoms with E-state index in [9.17, 15) is 9.18 Å². The number of aromatic nitrogens is 1. The molecule has 1 aromatic heterocycles. The SMILES string of the molecule is Cc1cc(C(=O)N2CCC(N3C[C@@H](C)O[C@@H](C)C3)CC2)c2ccc(F)cc2n1. The van der Waals surface area contributed by atoms with Gasteiger partial charge in [-0.3, -0.25) is 14.7 Å². The Kier molecular flexibility index (Phi) is 5.34. The van der Waals surface area contributed by atoms with Crippen molar-refractivity contribution in [2.24, 2.45) is 0 Å². The van der Waals surface area contributed by atoms with Crippen LogP contribution in [0.3, 0.4) is 0 Å². The number of piperidine rings is 1. The number of amides is 1. The van der Waals surface area contributed by atoms with Crippen LogP contribution in [0.1, 0.15) is 42.7 Å². The smallest absolute Gasteiger partial charge is 0.254 e. The maximum absolute atomic E-state index is 13.6. The van der Waals surface area contributed by atoms with Gasteiger partial charge in [-0.25, -0.2) is 4.39 Å². The number of hydrogen-bond donors (Lipinski definition) is 0. The van der Waals surface area contributed by atoms with Gasteiger partial charge in [0, 0.05) is 49.4 Å². The molecule has 28 heavy (non-hydrogen) atoms. The van der Waals surface area contributed by atoms with Crippen LogP contribution in [0.2, 0.25) is 0 Å². The number of nitrogens with zero attached hydrogens (tertiary/aromatic N) is 3. The number of morpholine rings is 1. The van der Waals surface area contributed by atoms with Crippen LogP contribution < -0.4 is 0 Å². The summed E-state index contributed by atoms with van der Waals surface area (Å²) >= 11 is 0. The van der Waals surface area contributed by atoms with E-state index in [1.54, 1.807) is 6.07 Å². The molecule has 0 unspecified atom stereocenters. The monoisotopic (exact) mass is 385 g/mol. The van der Waals surface area contributed by atoms with Crippen molar-refractivity contribution in [2.75, 3.05) is 26.2 Å². The molecule has 2 aromatic rings. The summed E-state index contributed by atoms with van der Waals surface area (Å²) in [6.07, 6.45) is 2.47. The van der Waals surface area contributed by atoms with E-state index in [4.69, 9.17) is 4.74 Å². The molecule has 1 amide bonds. The summed E-state index contributed by atoms with van der Waals surface area (Å²) < 4.78 is 19.4. The molecule has 2 aliphatic rings. The highest BCUT2D eigenvalue weighted by Crippen LogP contribution is 2.25. The fourth-order valence-electron chi connectivity index (χ4n) is 4.63. The fraction of sp³-hybridized carbons (Fsp3) is 0.545. The van der Waals surface area contributed by atoms with Crippen molar-refractivity contribution < 1.29 is 13.9 Å². The number of carbonyl (C=O) groups is 1. The molecule has 0 radical (unpaired) electrons. The van der Waals surface area contributed by atoms with E-state index >= 15 is 0 Å². The van der Waals surface area contributed by atoms with E-state index in [1.807, 2.05) is 17.9 Å². The largest absolute Gasteiger partial charge is 0.373 e. The van der Waals surface area contributed by atoms with Gasteiger partial charge in [-0.1, -0.05) is 0 Å². The first-order valence-electron chi connectivity index (χ1n) is 10.2. The number of ether oxygens (including phenoxy) is 1. The van der Waals surface area contributed by atoms with Crippen LogP contribution in [-0.4, -0.2) is 65.1 Å². The zero-order valence-electron chi connectivity index (χ0n) is 16.8. The molecule has 0 aliphatic carbocycles. The summed E-state index contributed by atoms with van der Waals surface area (Å²) in [6, 6.07) is 6.77. The van der Waals surface area contributed by atoms with Gasteiger partial charge in [0.05, 0.1) is 23.3 Å². The average molecular weight is 385 g/mol. The van der Waals surface area contributed by atoms with E-state index in [0.29, 0.717) is 17.1 Å². The first-order valence-corrected chi connectivity index (χ1v) is 10.2. The minimum atomic E-state index is -0.334. The van der Waals surface area contributed by atoms with Gasteiger partial charge < -0.3 is 9.64 Å². The van der Waals surface area contributed by atoms with Gasteiger partial charge in [-0.15, -0.1) is 0 Å². The minimum absolute atomic E-state index is 0.0178. The Hall–Kier alpha value is -2.05. The first kappa shape index (κ1) is 19.3. The van der Waals surface area contributed by atoms with Gasteiger partial charge in [0.2, 0.25) is 0 Å². The van der Waals surface area contributed by atoms with E-state index in [1.165, 1.54) is 12.1 Å². The van der Waals surface area contributed by atoms with Gasteiger partial charge in [0.1, 0.15) is 5.82 Å². The lowest BCUT2D eigenvalue weighted by Crippen LogP contribution is -2.53. The summed E-state index contributed by atoms with van der Waals surface area (Å²) in [4.78, 5) is 22.0. The minimum Gasteiger partial charge on any atom is -0.373 e. The molecule has 0 bridgehead atoms. The Bertz CT molecular complexity index is 864. The number of carbonyl (C=O) groups excluding carboxylic acids is 1. The highest BCUT2D eigenvalue weighted by atomic mass is 19.1. The Morgan fingerprint density at radius 2 is 1.82 bits per heavy atom. The second kappa shape index (κ2) is 7.76. The van der Waals surface area contributed by atoms with E-state index in [0.717, 1.165) is 50.1 Å². The number of hydrogen-bond acceptors (Lipinski definition) is 4. The van der Waals surface area contributed by atoms with Crippen LogP contribution in [0.5, 0.6) is 0 Å². The summed E-state index contributed by atoms with van der Waals surface area (Å²) in [5.41, 5.74) is 1.89. The molecule has 5 nitrogen and oxygen atoms in total. The summed E-state index contributed by atoms with van der Waals surface area (Å²) in [6.45, 7) is 9.50. The van der Waals surface area contributed by atoms with Crippen molar-refractivity contribution in [3.63, 3.8) is 0 Å². The lowest BCUT2D eigenvalue weighted by atomic mass is 9.99. The molecule has 2 atom stereocenters. The van der Waals surface area contributed by atoms with E-state index in [-0.39, 0.29) is 23.9 Å². The predicted octanol–water partition coefficient (Wildman–Crippen LogP) is 3.40. The molecule has 1 aromatic carbocycles. The van der Waals surface area contributed by atoms with Crippen LogP contribution in [-0.2, 0) is 4.74 Å². The Morgan fingerprint density at radius 3 is 2.50 bits per heavy atom. The molecular formula is C22H28FN3O2. The van der Waals surface area contributed by atoms with Crippen LogP contribution in [0.4, 0.5) is 4.39 Å². The number of halogens is 1. The average Bonchev–Trinajstić information content (AvgIpc) is 2.66. The number of aryl methyl sites for hydroxylation is 1. The van der Waals surface area contributed by atoms with Crippen molar-refractivity contribution >= 4 is 16.8 Å². The second-order valence-electron chi connectivity index (χ2n) is 8.21. The molecule has 150 valence electrons. The maximum Gasteiger partial charge on any atom is 0.254 e. The molecule has 2 saturated heterocycles. The predicted molar refractivity (Wildman–Crippen MR) is 107 cm³/mol. The molecule has 2 fully saturated rings. The highest BCUT2D eigenvalue weighted by Gasteiger charge is 2.32. The van der Waals surface area contributed by atoms with Crippen LogP contribution in [0.15, 0.2) is 24.3 Å². The molecule has 2 aliphatic heterocycles. The van der Waals surface area contributed by atoms with Crippen molar-refractivity contribution in [3.8, 4) is 0 Å². The number of pyridine rings is 1. The van der Waals surface area contributed by atoms with Gasteiger partial charge in [-0.05, 0) is 51.8 Å². The zero-order chi connectivity index (χ0) is 19.8. The first-order chi connectivity index (χ1) is 13.4. The van der Waals surface area contributed by atoms with Gasteiger partial charge in [-0.2, -0.15) is 0 Å². The number of fused-ring (bicyclic) bond motifs is 1. The quantitative estimate of drug-likeness (QED) is 0.795.